The Bertz CT molecular complexity index is 1000. The summed E-state index contributed by atoms with van der Waals surface area (Å²) in [6.45, 7) is 1.55. The van der Waals surface area contributed by atoms with Crippen molar-refractivity contribution in [1.82, 2.24) is 10.2 Å². The van der Waals surface area contributed by atoms with Gasteiger partial charge in [-0.3, -0.25) is 14.7 Å². The van der Waals surface area contributed by atoms with E-state index in [-0.39, 0.29) is 18.2 Å². The molecule has 3 rings (SSSR count). The first-order valence-corrected chi connectivity index (χ1v) is 8.61. The first kappa shape index (κ1) is 18.4. The lowest BCUT2D eigenvalue weighted by Crippen LogP contribution is -2.27. The summed E-state index contributed by atoms with van der Waals surface area (Å²) >= 11 is 12.0. The van der Waals surface area contributed by atoms with Crippen molar-refractivity contribution in [1.29, 1.82) is 0 Å². The molecular formula is C18H16Cl2N4O2. The van der Waals surface area contributed by atoms with Gasteiger partial charge in [0.2, 0.25) is 5.91 Å². The lowest BCUT2D eigenvalue weighted by molar-refractivity contribution is -0.117. The van der Waals surface area contributed by atoms with Crippen molar-refractivity contribution in [3.8, 4) is 0 Å². The minimum atomic E-state index is -0.586. The van der Waals surface area contributed by atoms with E-state index in [1.807, 2.05) is 0 Å². The minimum Gasteiger partial charge on any atom is -0.329 e. The first-order chi connectivity index (χ1) is 12.4. The number of halogens is 2. The molecule has 0 radical (unpaired) electrons. The predicted molar refractivity (Wildman–Crippen MR) is 103 cm³/mol. The molecule has 0 aliphatic rings. The smallest absolute Gasteiger partial charge is 0.233 e. The van der Waals surface area contributed by atoms with Gasteiger partial charge < -0.3 is 11.1 Å². The quantitative estimate of drug-likeness (QED) is 0.577. The second-order valence-corrected chi connectivity index (χ2v) is 6.65. The molecule has 1 atom stereocenters. The van der Waals surface area contributed by atoms with E-state index in [0.29, 0.717) is 37.9 Å². The largest absolute Gasteiger partial charge is 0.329 e. The molecule has 134 valence electrons. The molecule has 1 heterocycles. The Kier molecular flexibility index (Phi) is 5.27. The number of rotatable bonds is 5. The number of nitrogens with one attached hydrogen (secondary N) is 2. The van der Waals surface area contributed by atoms with Crippen LogP contribution in [0.3, 0.4) is 0 Å². The SMILES string of the molecule is CC(=O)c1n[nH]c2ccc(NC(=O)C(CN)c3ccc(Cl)c(Cl)c3)cc12. The molecule has 0 fully saturated rings. The molecule has 0 bridgehead atoms. The van der Waals surface area contributed by atoms with E-state index in [1.165, 1.54) is 6.92 Å². The van der Waals surface area contributed by atoms with Crippen LogP contribution in [0.1, 0.15) is 28.9 Å². The molecule has 0 aliphatic heterocycles. The Morgan fingerprint density at radius 3 is 2.62 bits per heavy atom. The average molecular weight is 391 g/mol. The monoisotopic (exact) mass is 390 g/mol. The van der Waals surface area contributed by atoms with E-state index in [1.54, 1.807) is 36.4 Å². The Morgan fingerprint density at radius 1 is 1.19 bits per heavy atom. The normalized spacial score (nSPS) is 12.2. The molecular weight excluding hydrogens is 375 g/mol. The number of nitrogens with two attached hydrogens (primary N) is 1. The highest BCUT2D eigenvalue weighted by Crippen LogP contribution is 2.27. The topological polar surface area (TPSA) is 101 Å². The Hall–Kier alpha value is -2.41. The van der Waals surface area contributed by atoms with Crippen LogP contribution in [0.15, 0.2) is 36.4 Å². The first-order valence-electron chi connectivity index (χ1n) is 7.85. The number of ketones is 1. The summed E-state index contributed by atoms with van der Waals surface area (Å²) in [5, 5.41) is 11.0. The molecule has 8 heteroatoms. The van der Waals surface area contributed by atoms with E-state index in [2.05, 4.69) is 15.5 Å². The Labute approximate surface area is 159 Å². The van der Waals surface area contributed by atoms with Crippen LogP contribution in [0.25, 0.3) is 10.9 Å². The molecule has 6 nitrogen and oxygen atoms in total. The van der Waals surface area contributed by atoms with Crippen LogP contribution in [-0.2, 0) is 4.79 Å². The highest BCUT2D eigenvalue weighted by atomic mass is 35.5. The molecule has 0 saturated heterocycles. The predicted octanol–water partition coefficient (Wildman–Crippen LogP) is 3.75. The van der Waals surface area contributed by atoms with Crippen LogP contribution in [-0.4, -0.2) is 28.4 Å². The van der Waals surface area contributed by atoms with Crippen molar-refractivity contribution < 1.29 is 9.59 Å². The maximum atomic E-state index is 12.7. The molecule has 1 aromatic heterocycles. The van der Waals surface area contributed by atoms with Gasteiger partial charge in [0.1, 0.15) is 5.69 Å². The van der Waals surface area contributed by atoms with Gasteiger partial charge in [-0.25, -0.2) is 0 Å². The average Bonchev–Trinajstić information content (AvgIpc) is 3.02. The van der Waals surface area contributed by atoms with Gasteiger partial charge in [0.25, 0.3) is 0 Å². The molecule has 0 spiro atoms. The Balaban J connectivity index is 1.87. The zero-order valence-corrected chi connectivity index (χ0v) is 15.4. The van der Waals surface area contributed by atoms with Crippen LogP contribution < -0.4 is 11.1 Å². The molecule has 2 aromatic carbocycles. The number of benzene rings is 2. The van der Waals surface area contributed by atoms with Gasteiger partial charge in [0.15, 0.2) is 5.78 Å². The molecule has 0 saturated carbocycles. The number of aromatic amines is 1. The van der Waals surface area contributed by atoms with E-state index in [4.69, 9.17) is 28.9 Å². The zero-order chi connectivity index (χ0) is 18.8. The third kappa shape index (κ3) is 3.58. The highest BCUT2D eigenvalue weighted by molar-refractivity contribution is 6.42. The second kappa shape index (κ2) is 7.45. The fourth-order valence-corrected chi connectivity index (χ4v) is 3.02. The molecule has 0 aliphatic carbocycles. The standard InChI is InChI=1S/C18H16Cl2N4O2/c1-9(25)17-12-7-11(3-5-16(12)23-24-17)22-18(26)13(8-21)10-2-4-14(19)15(20)6-10/h2-7,13H,8,21H2,1H3,(H,22,26)(H,23,24). The lowest BCUT2D eigenvalue weighted by atomic mass is 9.98. The van der Waals surface area contributed by atoms with Gasteiger partial charge in [-0.15, -0.1) is 0 Å². The summed E-state index contributed by atoms with van der Waals surface area (Å²) in [5.41, 5.74) is 8.05. The number of carbonyl (C=O) groups excluding carboxylic acids is 2. The summed E-state index contributed by atoms with van der Waals surface area (Å²) in [5.74, 6) is -1.02. The van der Waals surface area contributed by atoms with Gasteiger partial charge in [-0.05, 0) is 35.9 Å². The van der Waals surface area contributed by atoms with Gasteiger partial charge in [-0.1, -0.05) is 29.3 Å². The van der Waals surface area contributed by atoms with Crippen LogP contribution in [0.4, 0.5) is 5.69 Å². The fraction of sp³-hybridized carbons (Fsp3) is 0.167. The summed E-state index contributed by atoms with van der Waals surface area (Å²) in [4.78, 5) is 24.3. The number of anilines is 1. The summed E-state index contributed by atoms with van der Waals surface area (Å²) in [7, 11) is 0. The number of nitrogens with zero attached hydrogens (tertiary/aromatic N) is 1. The number of fused-ring (bicyclic) bond motifs is 1. The summed E-state index contributed by atoms with van der Waals surface area (Å²) in [6.07, 6.45) is 0. The molecule has 1 amide bonds. The van der Waals surface area contributed by atoms with E-state index in [0.717, 1.165) is 0 Å². The van der Waals surface area contributed by atoms with E-state index >= 15 is 0 Å². The maximum Gasteiger partial charge on any atom is 0.233 e. The van der Waals surface area contributed by atoms with Crippen molar-refractivity contribution in [2.45, 2.75) is 12.8 Å². The second-order valence-electron chi connectivity index (χ2n) is 5.84. The molecule has 1 unspecified atom stereocenters. The molecule has 4 N–H and O–H groups in total. The summed E-state index contributed by atoms with van der Waals surface area (Å²) < 4.78 is 0. The van der Waals surface area contributed by atoms with Crippen LogP contribution in [0.2, 0.25) is 10.0 Å². The van der Waals surface area contributed by atoms with E-state index < -0.39 is 5.92 Å². The van der Waals surface area contributed by atoms with Gasteiger partial charge in [-0.2, -0.15) is 5.10 Å². The van der Waals surface area contributed by atoms with Crippen LogP contribution >= 0.6 is 23.2 Å². The highest BCUT2D eigenvalue weighted by Gasteiger charge is 2.20. The van der Waals surface area contributed by atoms with Crippen molar-refractivity contribution >= 4 is 51.5 Å². The van der Waals surface area contributed by atoms with Gasteiger partial charge >= 0.3 is 0 Å². The number of amides is 1. The number of aromatic nitrogens is 2. The zero-order valence-electron chi connectivity index (χ0n) is 13.8. The Morgan fingerprint density at radius 2 is 1.96 bits per heavy atom. The number of carbonyl (C=O) groups is 2. The lowest BCUT2D eigenvalue weighted by Gasteiger charge is -2.16. The van der Waals surface area contributed by atoms with Crippen molar-refractivity contribution in [3.63, 3.8) is 0 Å². The molecule has 3 aromatic rings. The minimum absolute atomic E-state index is 0.108. The van der Waals surface area contributed by atoms with Crippen molar-refractivity contribution in [2.24, 2.45) is 5.73 Å². The third-order valence-electron chi connectivity index (χ3n) is 4.06. The number of Topliss-reactive ketones (excluding diaryl/α,β-unsaturated/α-hetero) is 1. The van der Waals surface area contributed by atoms with Gasteiger partial charge in [0.05, 0.1) is 21.5 Å². The number of H-pyrrole nitrogens is 1. The fourth-order valence-electron chi connectivity index (χ4n) is 2.71. The van der Waals surface area contributed by atoms with Crippen molar-refractivity contribution in [3.05, 3.63) is 57.7 Å². The summed E-state index contributed by atoms with van der Waals surface area (Å²) in [6, 6.07) is 10.2. The van der Waals surface area contributed by atoms with E-state index in [9.17, 15) is 9.59 Å². The number of hydrogen-bond donors (Lipinski definition) is 3. The van der Waals surface area contributed by atoms with Gasteiger partial charge in [0, 0.05) is 24.5 Å². The van der Waals surface area contributed by atoms with Crippen LogP contribution in [0, 0.1) is 0 Å². The van der Waals surface area contributed by atoms with Crippen LogP contribution in [0.5, 0.6) is 0 Å². The maximum absolute atomic E-state index is 12.7. The molecule has 26 heavy (non-hydrogen) atoms. The van der Waals surface area contributed by atoms with Crippen molar-refractivity contribution in [2.75, 3.05) is 11.9 Å². The number of hydrogen-bond acceptors (Lipinski definition) is 4. The third-order valence-corrected chi connectivity index (χ3v) is 4.80.